The Morgan fingerprint density at radius 2 is 2.00 bits per heavy atom. The van der Waals surface area contributed by atoms with Gasteiger partial charge in [-0.15, -0.1) is 0 Å². The van der Waals surface area contributed by atoms with Crippen molar-refractivity contribution in [2.75, 3.05) is 14.2 Å². The number of benzene rings is 2. The second-order valence-electron chi connectivity index (χ2n) is 6.62. The SMILES string of the molecule is COc1cc(C(=O)NSc2cc(C3CC3)ccc2OC)ccc1CN=C/C=C\N. The monoisotopic (exact) mass is 411 g/mol. The number of nitrogens with zero attached hydrogens (tertiary/aromatic N) is 1. The minimum Gasteiger partial charge on any atom is -0.496 e. The van der Waals surface area contributed by atoms with Crippen molar-refractivity contribution in [3.05, 3.63) is 65.4 Å². The fraction of sp³-hybridized carbons (Fsp3) is 0.273. The minimum absolute atomic E-state index is 0.201. The number of nitrogens with one attached hydrogen (secondary N) is 1. The van der Waals surface area contributed by atoms with Gasteiger partial charge in [-0.3, -0.25) is 14.5 Å². The van der Waals surface area contributed by atoms with Gasteiger partial charge in [0.15, 0.2) is 0 Å². The normalized spacial score (nSPS) is 13.7. The number of amides is 1. The van der Waals surface area contributed by atoms with E-state index in [0.29, 0.717) is 23.8 Å². The number of nitrogens with two attached hydrogens (primary N) is 1. The van der Waals surface area contributed by atoms with Crippen LogP contribution in [0.1, 0.15) is 40.2 Å². The Bertz CT molecular complexity index is 924. The molecule has 0 aromatic heterocycles. The molecule has 0 radical (unpaired) electrons. The van der Waals surface area contributed by atoms with Crippen molar-refractivity contribution in [3.8, 4) is 11.5 Å². The van der Waals surface area contributed by atoms with Gasteiger partial charge in [-0.25, -0.2) is 0 Å². The molecule has 3 N–H and O–H groups in total. The largest absolute Gasteiger partial charge is 0.496 e. The number of methoxy groups -OCH3 is 2. The van der Waals surface area contributed by atoms with Crippen LogP contribution >= 0.6 is 11.9 Å². The molecule has 0 unspecified atom stereocenters. The van der Waals surface area contributed by atoms with Crippen LogP contribution in [0.15, 0.2) is 58.6 Å². The lowest BCUT2D eigenvalue weighted by Gasteiger charge is -2.12. The molecule has 0 saturated heterocycles. The highest BCUT2D eigenvalue weighted by molar-refractivity contribution is 7.98. The molecule has 152 valence electrons. The van der Waals surface area contributed by atoms with Crippen molar-refractivity contribution >= 4 is 24.1 Å². The van der Waals surface area contributed by atoms with E-state index in [1.807, 2.05) is 12.1 Å². The average Bonchev–Trinajstić information content (AvgIpc) is 3.60. The van der Waals surface area contributed by atoms with E-state index in [1.165, 1.54) is 36.6 Å². The summed E-state index contributed by atoms with van der Waals surface area (Å²) < 4.78 is 13.7. The summed E-state index contributed by atoms with van der Waals surface area (Å²) in [5.74, 6) is 1.80. The lowest BCUT2D eigenvalue weighted by Crippen LogP contribution is -2.16. The van der Waals surface area contributed by atoms with Crippen molar-refractivity contribution in [2.45, 2.75) is 30.2 Å². The third kappa shape index (κ3) is 5.54. The van der Waals surface area contributed by atoms with Crippen molar-refractivity contribution in [2.24, 2.45) is 10.7 Å². The van der Waals surface area contributed by atoms with Crippen molar-refractivity contribution < 1.29 is 14.3 Å². The van der Waals surface area contributed by atoms with E-state index in [1.54, 1.807) is 38.6 Å². The number of hydrogen-bond donors (Lipinski definition) is 2. The molecule has 3 rings (SSSR count). The number of aliphatic imine (C=N–C) groups is 1. The molecule has 6 nitrogen and oxygen atoms in total. The van der Waals surface area contributed by atoms with Gasteiger partial charge in [0.25, 0.3) is 5.91 Å². The van der Waals surface area contributed by atoms with E-state index in [9.17, 15) is 4.79 Å². The highest BCUT2D eigenvalue weighted by Gasteiger charge is 2.24. The van der Waals surface area contributed by atoms with Gasteiger partial charge in [-0.05, 0) is 72.8 Å². The van der Waals surface area contributed by atoms with Crippen LogP contribution in [0, 0.1) is 0 Å². The maximum Gasteiger partial charge on any atom is 0.261 e. The standard InChI is InChI=1S/C22H25N3O3S/c1-27-19-9-8-16(15-4-5-15)13-21(19)29-25-22(26)17-6-7-18(20(12-17)28-2)14-24-11-3-10-23/h3,6-13,15H,4-5,14,23H2,1-2H3,(H,25,26)/b10-3-,24-11?. The summed E-state index contributed by atoms with van der Waals surface area (Å²) in [4.78, 5) is 17.8. The molecule has 7 heteroatoms. The predicted molar refractivity (Wildman–Crippen MR) is 117 cm³/mol. The summed E-state index contributed by atoms with van der Waals surface area (Å²) >= 11 is 1.26. The van der Waals surface area contributed by atoms with Crippen LogP contribution in [0.3, 0.4) is 0 Å². The van der Waals surface area contributed by atoms with E-state index in [2.05, 4.69) is 21.8 Å². The Balaban J connectivity index is 1.68. The minimum atomic E-state index is -0.201. The molecule has 0 aliphatic heterocycles. The summed E-state index contributed by atoms with van der Waals surface area (Å²) in [5.41, 5.74) is 7.97. The second-order valence-corrected chi connectivity index (χ2v) is 7.47. The number of allylic oxidation sites excluding steroid dienone is 1. The van der Waals surface area contributed by atoms with Crippen LogP contribution < -0.4 is 19.9 Å². The van der Waals surface area contributed by atoms with E-state index in [-0.39, 0.29) is 5.91 Å². The molecule has 0 spiro atoms. The Hall–Kier alpha value is -2.93. The Labute approximate surface area is 175 Å². The molecule has 0 atom stereocenters. The number of carbonyl (C=O) groups is 1. The summed E-state index contributed by atoms with van der Waals surface area (Å²) in [6, 6.07) is 11.5. The predicted octanol–water partition coefficient (Wildman–Crippen LogP) is 4.06. The highest BCUT2D eigenvalue weighted by Crippen LogP contribution is 2.42. The first-order valence-electron chi connectivity index (χ1n) is 9.35. The van der Waals surface area contributed by atoms with E-state index in [4.69, 9.17) is 15.2 Å². The Morgan fingerprint density at radius 3 is 2.69 bits per heavy atom. The summed E-state index contributed by atoms with van der Waals surface area (Å²) in [5, 5.41) is 0. The van der Waals surface area contributed by atoms with E-state index < -0.39 is 0 Å². The van der Waals surface area contributed by atoms with Crippen LogP contribution in [0.25, 0.3) is 0 Å². The zero-order chi connectivity index (χ0) is 20.6. The quantitative estimate of drug-likeness (QED) is 0.480. The first-order valence-corrected chi connectivity index (χ1v) is 10.2. The average molecular weight is 412 g/mol. The van der Waals surface area contributed by atoms with Crippen molar-refractivity contribution in [1.82, 2.24) is 4.72 Å². The van der Waals surface area contributed by atoms with E-state index in [0.717, 1.165) is 16.2 Å². The zero-order valence-electron chi connectivity index (χ0n) is 16.6. The zero-order valence-corrected chi connectivity index (χ0v) is 17.4. The van der Waals surface area contributed by atoms with Gasteiger partial charge in [0.2, 0.25) is 0 Å². The third-order valence-corrected chi connectivity index (χ3v) is 5.43. The summed E-state index contributed by atoms with van der Waals surface area (Å²) in [7, 11) is 3.21. The Kier molecular flexibility index (Phi) is 7.19. The van der Waals surface area contributed by atoms with E-state index >= 15 is 0 Å². The molecular weight excluding hydrogens is 386 g/mol. The molecule has 1 fully saturated rings. The molecule has 29 heavy (non-hydrogen) atoms. The van der Waals surface area contributed by atoms with Crippen LogP contribution in [0.5, 0.6) is 11.5 Å². The van der Waals surface area contributed by atoms with Crippen LogP contribution in [0.4, 0.5) is 0 Å². The molecule has 1 aliphatic rings. The second kappa shape index (κ2) is 10.0. The Morgan fingerprint density at radius 1 is 1.21 bits per heavy atom. The molecule has 0 heterocycles. The first-order chi connectivity index (χ1) is 14.2. The summed E-state index contributed by atoms with van der Waals surface area (Å²) in [6.45, 7) is 0.440. The van der Waals surface area contributed by atoms with Crippen LogP contribution in [-0.4, -0.2) is 26.3 Å². The number of hydrogen-bond acceptors (Lipinski definition) is 6. The molecule has 1 amide bonds. The summed E-state index contributed by atoms with van der Waals surface area (Å²) in [6.07, 6.45) is 7.14. The number of carbonyl (C=O) groups excluding carboxylic acids is 1. The van der Waals surface area contributed by atoms with Crippen LogP contribution in [-0.2, 0) is 6.54 Å². The number of ether oxygens (including phenoxy) is 2. The lowest BCUT2D eigenvalue weighted by atomic mass is 10.1. The van der Waals surface area contributed by atoms with Gasteiger partial charge in [-0.1, -0.05) is 12.1 Å². The van der Waals surface area contributed by atoms with Gasteiger partial charge >= 0.3 is 0 Å². The first kappa shape index (κ1) is 20.8. The fourth-order valence-electron chi connectivity index (χ4n) is 2.88. The topological polar surface area (TPSA) is 85.9 Å². The van der Waals surface area contributed by atoms with Gasteiger partial charge in [0.1, 0.15) is 11.5 Å². The molecular formula is C22H25N3O3S. The van der Waals surface area contributed by atoms with Gasteiger partial charge in [0.05, 0.1) is 25.7 Å². The lowest BCUT2D eigenvalue weighted by molar-refractivity contribution is 0.0984. The van der Waals surface area contributed by atoms with Crippen LogP contribution in [0.2, 0.25) is 0 Å². The number of rotatable bonds is 9. The van der Waals surface area contributed by atoms with Crippen molar-refractivity contribution in [1.29, 1.82) is 0 Å². The molecule has 2 aromatic carbocycles. The smallest absolute Gasteiger partial charge is 0.261 e. The fourth-order valence-corrected chi connectivity index (χ4v) is 3.65. The van der Waals surface area contributed by atoms with Gasteiger partial charge < -0.3 is 15.2 Å². The van der Waals surface area contributed by atoms with Gasteiger partial charge in [0, 0.05) is 17.3 Å². The van der Waals surface area contributed by atoms with Gasteiger partial charge in [-0.2, -0.15) is 0 Å². The highest BCUT2D eigenvalue weighted by atomic mass is 32.2. The maximum atomic E-state index is 12.6. The maximum absolute atomic E-state index is 12.6. The third-order valence-electron chi connectivity index (χ3n) is 4.60. The molecule has 0 bridgehead atoms. The molecule has 2 aromatic rings. The van der Waals surface area contributed by atoms with Crippen molar-refractivity contribution in [3.63, 3.8) is 0 Å². The molecule has 1 saturated carbocycles. The molecule has 1 aliphatic carbocycles.